The van der Waals surface area contributed by atoms with E-state index in [9.17, 15) is 4.79 Å². The molecule has 9 heavy (non-hydrogen) atoms. The van der Waals surface area contributed by atoms with Crippen molar-refractivity contribution in [2.75, 3.05) is 0 Å². The predicted octanol–water partition coefficient (Wildman–Crippen LogP) is 2.20. The van der Waals surface area contributed by atoms with Crippen LogP contribution in [-0.2, 0) is 4.79 Å². The molecule has 0 aromatic carbocycles. The van der Waals surface area contributed by atoms with Crippen LogP contribution >= 0.6 is 0 Å². The van der Waals surface area contributed by atoms with Crippen LogP contribution in [0.5, 0.6) is 0 Å². The van der Waals surface area contributed by atoms with Crippen LogP contribution in [0.1, 0.15) is 13.8 Å². The van der Waals surface area contributed by atoms with Crippen LogP contribution in [0.2, 0.25) is 0 Å². The summed E-state index contributed by atoms with van der Waals surface area (Å²) in [6.45, 7) is 6.96. The molecule has 1 nitrogen and oxygen atoms in total. The van der Waals surface area contributed by atoms with Crippen molar-refractivity contribution in [2.45, 2.75) is 13.8 Å². The van der Waals surface area contributed by atoms with Crippen molar-refractivity contribution in [3.63, 3.8) is 0 Å². The first kappa shape index (κ1) is 11.0. The number of hydrogen-bond acceptors (Lipinski definition) is 1. The van der Waals surface area contributed by atoms with E-state index in [0.717, 1.165) is 6.29 Å². The first-order valence-corrected chi connectivity index (χ1v) is 2.54. The Hall–Kier alpha value is -0.850. The lowest BCUT2D eigenvalue weighted by molar-refractivity contribution is -0.109. The Labute approximate surface area is 57.1 Å². The van der Waals surface area contributed by atoms with Crippen molar-refractivity contribution in [3.05, 3.63) is 25.3 Å². The number of rotatable bonds is 4. The highest BCUT2D eigenvalue weighted by Gasteiger charge is 1.94. The molecule has 0 aliphatic heterocycles. The SMILES string of the molecule is C.C=CC[C@@H](C=C)C=O. The molecule has 0 spiro atoms. The number of carbonyl (C=O) groups excluding carboxylic acids is 1. The average molecular weight is 126 g/mol. The van der Waals surface area contributed by atoms with Gasteiger partial charge in [-0.3, -0.25) is 0 Å². The van der Waals surface area contributed by atoms with Gasteiger partial charge in [0.15, 0.2) is 0 Å². The summed E-state index contributed by atoms with van der Waals surface area (Å²) in [7, 11) is 0. The number of hydrogen-bond donors (Lipinski definition) is 0. The zero-order valence-corrected chi connectivity index (χ0v) is 4.84. The van der Waals surface area contributed by atoms with Crippen LogP contribution in [0.15, 0.2) is 25.3 Å². The first-order valence-electron chi connectivity index (χ1n) is 2.54. The summed E-state index contributed by atoms with van der Waals surface area (Å²) < 4.78 is 0. The summed E-state index contributed by atoms with van der Waals surface area (Å²) in [6.07, 6.45) is 4.90. The molecule has 52 valence electrons. The molecule has 0 radical (unpaired) electrons. The third-order valence-corrected chi connectivity index (χ3v) is 0.916. The molecule has 0 saturated carbocycles. The summed E-state index contributed by atoms with van der Waals surface area (Å²) in [6, 6.07) is 0. The van der Waals surface area contributed by atoms with Gasteiger partial charge in [-0.05, 0) is 6.42 Å². The summed E-state index contributed by atoms with van der Waals surface area (Å²) in [4.78, 5) is 10.0. The molecule has 0 rings (SSSR count). The summed E-state index contributed by atoms with van der Waals surface area (Å²) >= 11 is 0. The third kappa shape index (κ3) is 5.01. The Morgan fingerprint density at radius 3 is 2.11 bits per heavy atom. The molecule has 0 aliphatic rings. The van der Waals surface area contributed by atoms with Gasteiger partial charge < -0.3 is 4.79 Å². The van der Waals surface area contributed by atoms with Crippen LogP contribution in [0.3, 0.4) is 0 Å². The van der Waals surface area contributed by atoms with Gasteiger partial charge in [0.1, 0.15) is 6.29 Å². The smallest absolute Gasteiger partial charge is 0.127 e. The van der Waals surface area contributed by atoms with Gasteiger partial charge in [-0.2, -0.15) is 0 Å². The minimum Gasteiger partial charge on any atom is -0.303 e. The van der Waals surface area contributed by atoms with Gasteiger partial charge in [-0.15, -0.1) is 13.2 Å². The van der Waals surface area contributed by atoms with Crippen molar-refractivity contribution < 1.29 is 4.79 Å². The van der Waals surface area contributed by atoms with Crippen LogP contribution in [0, 0.1) is 5.92 Å². The predicted molar refractivity (Wildman–Crippen MR) is 41.3 cm³/mol. The van der Waals surface area contributed by atoms with Gasteiger partial charge in [0.2, 0.25) is 0 Å². The van der Waals surface area contributed by atoms with Crippen molar-refractivity contribution in [3.8, 4) is 0 Å². The van der Waals surface area contributed by atoms with Crippen LogP contribution in [0.25, 0.3) is 0 Å². The standard InChI is InChI=1S/C7H10O.CH4/c1-3-5-7(4-2)6-8;/h3-4,6-7H,1-2,5H2;1H4/t7-;/m1./s1. The van der Waals surface area contributed by atoms with E-state index in [1.54, 1.807) is 12.2 Å². The average Bonchev–Trinajstić information content (AvgIpc) is 1.83. The third-order valence-electron chi connectivity index (χ3n) is 0.916. The van der Waals surface area contributed by atoms with E-state index in [4.69, 9.17) is 0 Å². The molecule has 0 heterocycles. The van der Waals surface area contributed by atoms with Crippen LogP contribution < -0.4 is 0 Å². The fourth-order valence-corrected chi connectivity index (χ4v) is 0.400. The Kier molecular flexibility index (Phi) is 8.75. The second kappa shape index (κ2) is 7.15. The van der Waals surface area contributed by atoms with Gasteiger partial charge in [0.25, 0.3) is 0 Å². The van der Waals surface area contributed by atoms with Crippen molar-refractivity contribution >= 4 is 6.29 Å². The number of carbonyl (C=O) groups is 1. The maximum absolute atomic E-state index is 10.0. The maximum Gasteiger partial charge on any atom is 0.127 e. The lowest BCUT2D eigenvalue weighted by atomic mass is 10.1. The fraction of sp³-hybridized carbons (Fsp3) is 0.375. The molecule has 0 saturated heterocycles. The Morgan fingerprint density at radius 2 is 2.00 bits per heavy atom. The molecule has 0 fully saturated rings. The Balaban J connectivity index is 0. The number of aldehydes is 1. The van der Waals surface area contributed by atoms with Gasteiger partial charge in [-0.1, -0.05) is 19.6 Å². The lowest BCUT2D eigenvalue weighted by Crippen LogP contribution is -1.93. The van der Waals surface area contributed by atoms with E-state index in [1.165, 1.54) is 0 Å². The lowest BCUT2D eigenvalue weighted by Gasteiger charge is -1.94. The minimum absolute atomic E-state index is 0. The molecule has 0 unspecified atom stereocenters. The maximum atomic E-state index is 10.0. The van der Waals surface area contributed by atoms with E-state index < -0.39 is 0 Å². The van der Waals surface area contributed by atoms with E-state index in [0.29, 0.717) is 6.42 Å². The molecule has 0 aromatic rings. The summed E-state index contributed by atoms with van der Waals surface area (Å²) in [5.74, 6) is -0.0347. The number of allylic oxidation sites excluding steroid dienone is 2. The molecule has 1 heteroatoms. The van der Waals surface area contributed by atoms with Crippen molar-refractivity contribution in [2.24, 2.45) is 5.92 Å². The highest BCUT2D eigenvalue weighted by molar-refractivity contribution is 5.56. The van der Waals surface area contributed by atoms with Crippen LogP contribution in [-0.4, -0.2) is 6.29 Å². The van der Waals surface area contributed by atoms with Gasteiger partial charge in [0.05, 0.1) is 0 Å². The normalized spacial score (nSPS) is 10.7. The monoisotopic (exact) mass is 126 g/mol. The molecule has 0 bridgehead atoms. The van der Waals surface area contributed by atoms with Gasteiger partial charge in [0, 0.05) is 5.92 Å². The molecule has 0 aromatic heterocycles. The largest absolute Gasteiger partial charge is 0.303 e. The molecular weight excluding hydrogens is 112 g/mol. The minimum atomic E-state index is -0.0347. The molecule has 0 aliphatic carbocycles. The topological polar surface area (TPSA) is 17.1 Å². The van der Waals surface area contributed by atoms with Gasteiger partial charge in [-0.25, -0.2) is 0 Å². The summed E-state index contributed by atoms with van der Waals surface area (Å²) in [5, 5.41) is 0. The van der Waals surface area contributed by atoms with E-state index in [-0.39, 0.29) is 13.3 Å². The molecule has 0 N–H and O–H groups in total. The Bertz CT molecular complexity index is 86.7. The fourth-order valence-electron chi connectivity index (χ4n) is 0.400. The summed E-state index contributed by atoms with van der Waals surface area (Å²) in [5.41, 5.74) is 0. The van der Waals surface area contributed by atoms with E-state index in [1.807, 2.05) is 0 Å². The molecule has 1 atom stereocenters. The second-order valence-electron chi connectivity index (χ2n) is 1.56. The highest BCUT2D eigenvalue weighted by Crippen LogP contribution is 1.98. The van der Waals surface area contributed by atoms with Gasteiger partial charge >= 0.3 is 0 Å². The van der Waals surface area contributed by atoms with E-state index in [2.05, 4.69) is 13.2 Å². The van der Waals surface area contributed by atoms with E-state index >= 15 is 0 Å². The first-order chi connectivity index (χ1) is 3.85. The second-order valence-corrected chi connectivity index (χ2v) is 1.56. The molecular formula is C8H14O. The van der Waals surface area contributed by atoms with Crippen LogP contribution in [0.4, 0.5) is 0 Å². The highest BCUT2D eigenvalue weighted by atomic mass is 16.1. The molecule has 0 amide bonds. The van der Waals surface area contributed by atoms with Crippen molar-refractivity contribution in [1.82, 2.24) is 0 Å². The van der Waals surface area contributed by atoms with Crippen molar-refractivity contribution in [1.29, 1.82) is 0 Å². The Morgan fingerprint density at radius 1 is 1.44 bits per heavy atom. The zero-order chi connectivity index (χ0) is 6.41. The quantitative estimate of drug-likeness (QED) is 0.417. The zero-order valence-electron chi connectivity index (χ0n) is 4.84.